The molecule has 5 aliphatic heterocycles. The number of carbonyl (C=O) groups excluding carboxylic acids is 9. The number of nitrogens with one attached hydrogen (secondary N) is 6. The van der Waals surface area contributed by atoms with Crippen LogP contribution >= 0.6 is 23.8 Å². The number of carbonyl (C=O) groups is 9. The number of methoxy groups -OCH3 is 2. The first kappa shape index (κ1) is 72.7. The van der Waals surface area contributed by atoms with Crippen LogP contribution in [0, 0.1) is 11.8 Å². The molecule has 10 atom stereocenters. The maximum Gasteiger partial charge on any atom is 0.409 e. The molecule has 7 rings (SSSR count). The number of fused-ring (bicyclic) bond motifs is 5. The third-order valence-electron chi connectivity index (χ3n) is 17.8. The number of halogens is 1. The number of benzene rings is 2. The van der Waals surface area contributed by atoms with Gasteiger partial charge in [0.2, 0.25) is 11.8 Å². The maximum atomic E-state index is 14.7. The van der Waals surface area contributed by atoms with E-state index in [0.717, 1.165) is 22.3 Å². The number of hydrogen-bond donors (Lipinski definition) is 8. The largest absolute Gasteiger partial charge is 0.495 e. The lowest BCUT2D eigenvalue weighted by molar-refractivity contribution is -0.158. The van der Waals surface area contributed by atoms with Crippen LogP contribution in [0.4, 0.5) is 26.7 Å². The van der Waals surface area contributed by atoms with E-state index in [1.807, 2.05) is 31.7 Å². The Bertz CT molecular complexity index is 3220. The Morgan fingerprint density at radius 3 is 2.37 bits per heavy atom. The molecule has 5 aliphatic rings. The SMILES string of the molecule is COc1cc2cc(c1Cl)N(C)C(=O)C[C@H](OC(=O)[C@H](C)N(C)C(=O)c1ccc(NC(=O)[C@H](CCCNC(N)=O)NC[C@](C=O)(NC(=S)NCCCCN3C(=O)C=CC3=O)C(C)C)c(N3CCOCC3)c1)[C@]1(C)O[C@H]1[C@H](C)[C@@H]1C[C@@](O)(NC(=O)O1)[C@H](OC)/C=C/C=C(\C)C2. The highest BCUT2D eigenvalue weighted by Crippen LogP contribution is 2.49. The zero-order valence-electron chi connectivity index (χ0n) is 54.3. The number of primary amides is 1. The number of morpholine rings is 1. The van der Waals surface area contributed by atoms with Gasteiger partial charge < -0.3 is 85.3 Å². The third-order valence-corrected chi connectivity index (χ3v) is 18.4. The molecule has 0 unspecified atom stereocenters. The van der Waals surface area contributed by atoms with Gasteiger partial charge in [-0.15, -0.1) is 0 Å². The fraction of sp³-hybridized carbons (Fsp3) is 0.562. The van der Waals surface area contributed by atoms with Crippen molar-refractivity contribution in [3.8, 4) is 5.75 Å². The van der Waals surface area contributed by atoms with Gasteiger partial charge in [-0.05, 0) is 107 Å². The minimum atomic E-state index is -1.92. The number of urea groups is 1. The maximum absolute atomic E-state index is 14.7. The van der Waals surface area contributed by atoms with E-state index in [0.29, 0.717) is 81.3 Å². The van der Waals surface area contributed by atoms with Gasteiger partial charge in [0, 0.05) is 90.5 Å². The molecule has 0 aromatic heterocycles. The van der Waals surface area contributed by atoms with E-state index in [2.05, 4.69) is 31.9 Å². The van der Waals surface area contributed by atoms with Crippen molar-refractivity contribution in [2.24, 2.45) is 17.6 Å². The number of anilines is 3. The zero-order chi connectivity index (χ0) is 68.1. The molecule has 29 heteroatoms. The van der Waals surface area contributed by atoms with E-state index >= 15 is 0 Å². The van der Waals surface area contributed by atoms with Gasteiger partial charge >= 0.3 is 18.1 Å². The van der Waals surface area contributed by atoms with Gasteiger partial charge in [-0.3, -0.25) is 34.2 Å². The summed E-state index contributed by atoms with van der Waals surface area (Å²) in [6.45, 7) is 12.6. The van der Waals surface area contributed by atoms with E-state index in [-0.39, 0.29) is 65.9 Å². The summed E-state index contributed by atoms with van der Waals surface area (Å²) >= 11 is 12.5. The van der Waals surface area contributed by atoms with Crippen LogP contribution in [-0.2, 0) is 58.9 Å². The van der Waals surface area contributed by atoms with Crippen LogP contribution in [0.25, 0.3) is 0 Å². The monoisotopic (exact) mass is 1330 g/mol. The van der Waals surface area contributed by atoms with Gasteiger partial charge in [-0.1, -0.05) is 56.2 Å². The number of amides is 8. The molecule has 4 bridgehead atoms. The summed E-state index contributed by atoms with van der Waals surface area (Å²) in [5, 5.41) is 29.9. The summed E-state index contributed by atoms with van der Waals surface area (Å²) in [7, 11) is 5.83. The van der Waals surface area contributed by atoms with E-state index < -0.39 is 102 Å². The lowest BCUT2D eigenvalue weighted by Gasteiger charge is -2.42. The molecule has 93 heavy (non-hydrogen) atoms. The molecule has 508 valence electrons. The van der Waals surface area contributed by atoms with Gasteiger partial charge in [-0.25, -0.2) is 14.4 Å². The van der Waals surface area contributed by atoms with E-state index in [4.69, 9.17) is 58.0 Å². The molecular formula is C64H88ClN11O16S. The van der Waals surface area contributed by atoms with Crippen LogP contribution in [0.15, 0.2) is 66.3 Å². The van der Waals surface area contributed by atoms with Gasteiger partial charge in [0.1, 0.15) is 52.6 Å². The summed E-state index contributed by atoms with van der Waals surface area (Å²) in [6, 6.07) is 5.21. The number of ether oxygens (including phenoxy) is 6. The third kappa shape index (κ3) is 17.9. The number of nitrogens with zero attached hydrogens (tertiary/aromatic N) is 4. The number of hydrogen-bond acceptors (Lipinski definition) is 19. The molecule has 2 aromatic rings. The molecule has 0 saturated carbocycles. The Kier molecular flexibility index (Phi) is 25.0. The van der Waals surface area contributed by atoms with Crippen LogP contribution in [-0.4, -0.2) is 208 Å². The molecule has 0 spiro atoms. The Morgan fingerprint density at radius 1 is 1.01 bits per heavy atom. The predicted molar refractivity (Wildman–Crippen MR) is 349 cm³/mol. The highest BCUT2D eigenvalue weighted by Gasteiger charge is 2.64. The second kappa shape index (κ2) is 31.9. The Morgan fingerprint density at radius 2 is 1.71 bits per heavy atom. The average Bonchev–Trinajstić information content (AvgIpc) is 1.58. The standard InChI is InChI=1S/C64H88ClN11O16S/c1-37(2)63(36-77,71-60(93)68-22-11-12-24-76-51(78)20-21-52(76)79)35-69-44(16-14-23-67-59(66)84)56(81)70-43-19-18-42(32-45(43)75-25-27-89-28-26-75)57(82)73(7)40(5)58(83)91-50-33-53(80)74(8)46-30-41(31-47(87-9)54(46)65)29-38(3)15-13-17-49(88-10)64(86)34-48(90-61(85)72-64)39(4)55-62(50,6)92-55/h13,15,17-21,30-32,36-37,39-40,44,48-50,55,69,86H,11-12,14,16,22-29,33-35H2,1-10H3,(H,70,81)(H,72,85)(H3,66,67,84)(H2,68,71,93)/b17-13+,38-15+/t39-,40+,44+,48+,49-,50+,55+,62+,63-,64+/m1/s1. The number of thiocarbonyl (C=S) groups is 1. The van der Waals surface area contributed by atoms with Gasteiger partial charge in [0.15, 0.2) is 10.8 Å². The van der Waals surface area contributed by atoms with Crippen molar-refractivity contribution < 1.29 is 76.7 Å². The number of unbranched alkanes of at least 4 members (excludes halogenated alkanes) is 1. The van der Waals surface area contributed by atoms with Crippen molar-refractivity contribution in [1.82, 2.24) is 36.4 Å². The fourth-order valence-corrected chi connectivity index (χ4v) is 12.3. The summed E-state index contributed by atoms with van der Waals surface area (Å²) < 4.78 is 35.5. The number of esters is 1. The number of epoxide rings is 1. The fourth-order valence-electron chi connectivity index (χ4n) is 11.7. The molecule has 27 nitrogen and oxygen atoms in total. The smallest absolute Gasteiger partial charge is 0.409 e. The quantitative estimate of drug-likeness (QED) is 0.0185. The number of aliphatic hydroxyl groups is 1. The molecule has 3 saturated heterocycles. The predicted octanol–water partition coefficient (Wildman–Crippen LogP) is 3.77. The number of nitrogens with two attached hydrogens (primary N) is 1. The molecule has 0 aliphatic carbocycles. The number of alkyl carbamates (subject to hydrolysis) is 1. The van der Waals surface area contributed by atoms with Gasteiger partial charge in [0.05, 0.1) is 56.0 Å². The van der Waals surface area contributed by atoms with Crippen molar-refractivity contribution in [3.63, 3.8) is 0 Å². The van der Waals surface area contributed by atoms with Crippen molar-refractivity contribution in [3.05, 3.63) is 82.4 Å². The van der Waals surface area contributed by atoms with Gasteiger partial charge in [0.25, 0.3) is 17.7 Å². The Labute approximate surface area is 552 Å². The van der Waals surface area contributed by atoms with E-state index in [1.165, 1.54) is 63.3 Å². The van der Waals surface area contributed by atoms with Crippen LogP contribution in [0.2, 0.25) is 5.02 Å². The molecule has 8 amide bonds. The summed E-state index contributed by atoms with van der Waals surface area (Å²) in [6.07, 6.45) is 4.72. The Hall–Kier alpha value is -7.73. The van der Waals surface area contributed by atoms with Crippen LogP contribution in [0.1, 0.15) is 96.0 Å². The number of aldehydes is 1. The van der Waals surface area contributed by atoms with Crippen molar-refractivity contribution >= 4 is 99.9 Å². The number of allylic oxidation sites excluding steroid dienone is 3. The summed E-state index contributed by atoms with van der Waals surface area (Å²) in [5.74, 6) is -3.96. The highest BCUT2D eigenvalue weighted by atomic mass is 35.5. The lowest BCUT2D eigenvalue weighted by atomic mass is 9.83. The summed E-state index contributed by atoms with van der Waals surface area (Å²) in [5.41, 5.74) is 3.60. The topological polar surface area (TPSA) is 344 Å². The van der Waals surface area contributed by atoms with Crippen molar-refractivity contribution in [2.45, 2.75) is 140 Å². The van der Waals surface area contributed by atoms with E-state index in [9.17, 15) is 48.3 Å². The van der Waals surface area contributed by atoms with Crippen molar-refractivity contribution in [2.75, 3.05) is 95.9 Å². The second-order valence-electron chi connectivity index (χ2n) is 24.6. The first-order valence-electron chi connectivity index (χ1n) is 31.1. The second-order valence-corrected chi connectivity index (χ2v) is 25.4. The summed E-state index contributed by atoms with van der Waals surface area (Å²) in [4.78, 5) is 126. The lowest BCUT2D eigenvalue weighted by Crippen LogP contribution is -2.63. The van der Waals surface area contributed by atoms with Gasteiger partial charge in [-0.2, -0.15) is 0 Å². The minimum absolute atomic E-state index is 0.0777. The molecule has 5 heterocycles. The van der Waals surface area contributed by atoms with Crippen LogP contribution < -0.4 is 52.2 Å². The number of likely N-dealkylation sites (N-methyl/N-ethyl adjacent to an activating group) is 1. The molecule has 9 N–H and O–H groups in total. The number of imide groups is 1. The number of rotatable bonds is 24. The molecular weight excluding hydrogens is 1250 g/mol. The van der Waals surface area contributed by atoms with Crippen molar-refractivity contribution in [1.29, 1.82) is 0 Å². The molecule has 2 aromatic carbocycles. The minimum Gasteiger partial charge on any atom is -0.495 e. The first-order chi connectivity index (χ1) is 44.1. The highest BCUT2D eigenvalue weighted by molar-refractivity contribution is 7.80. The molecule has 0 radical (unpaired) electrons. The molecule has 3 fully saturated rings. The van der Waals surface area contributed by atoms with Crippen LogP contribution in [0.3, 0.4) is 0 Å². The van der Waals surface area contributed by atoms with E-state index in [1.54, 1.807) is 50.3 Å². The zero-order valence-corrected chi connectivity index (χ0v) is 55.9. The average molecular weight is 1330 g/mol. The van der Waals surface area contributed by atoms with Crippen LogP contribution in [0.5, 0.6) is 5.75 Å². The first-order valence-corrected chi connectivity index (χ1v) is 31.8. The normalized spacial score (nSPS) is 25.4. The Balaban J connectivity index is 1.10.